The van der Waals surface area contributed by atoms with Crippen LogP contribution in [0.15, 0.2) is 77.5 Å². The molecule has 164 valence electrons. The highest BCUT2D eigenvalue weighted by atomic mass is 16.6. The number of carbonyl (C=O) groups excluding carboxylic acids is 2. The topological polar surface area (TPSA) is 82.7 Å². The molecule has 4 aromatic rings. The number of anilines is 1. The maximum atomic E-state index is 13.3. The SMILES string of the molecule is O=C(Nc1ccc([C@H]2CC(=O)c3cc4c(cc3-n3cccc32)OCCO4)cc1)c1ccco1. The van der Waals surface area contributed by atoms with Crippen molar-refractivity contribution in [2.24, 2.45) is 0 Å². The molecule has 0 radical (unpaired) electrons. The van der Waals surface area contributed by atoms with Crippen molar-refractivity contribution in [1.82, 2.24) is 4.57 Å². The van der Waals surface area contributed by atoms with Gasteiger partial charge in [0.1, 0.15) is 13.2 Å². The second-order valence-electron chi connectivity index (χ2n) is 8.05. The summed E-state index contributed by atoms with van der Waals surface area (Å²) in [6.45, 7) is 0.962. The van der Waals surface area contributed by atoms with Crippen LogP contribution in [0.3, 0.4) is 0 Å². The summed E-state index contributed by atoms with van der Waals surface area (Å²) in [6, 6.07) is 18.6. The van der Waals surface area contributed by atoms with Gasteiger partial charge in [-0.25, -0.2) is 0 Å². The number of Topliss-reactive ketones (excluding diaryl/α,β-unsaturated/α-hetero) is 1. The fourth-order valence-electron chi connectivity index (χ4n) is 4.49. The number of hydrogen-bond acceptors (Lipinski definition) is 5. The van der Waals surface area contributed by atoms with Crippen LogP contribution in [-0.2, 0) is 0 Å². The number of carbonyl (C=O) groups is 2. The Kier molecular flexibility index (Phi) is 4.54. The highest BCUT2D eigenvalue weighted by Gasteiger charge is 2.30. The van der Waals surface area contributed by atoms with Gasteiger partial charge in [0.05, 0.1) is 12.0 Å². The molecule has 0 unspecified atom stereocenters. The molecule has 1 N–H and O–H groups in total. The molecule has 2 aromatic carbocycles. The average Bonchev–Trinajstić information content (AvgIpc) is 3.53. The van der Waals surface area contributed by atoms with Crippen LogP contribution < -0.4 is 14.8 Å². The van der Waals surface area contributed by atoms with Crippen LogP contribution in [0.1, 0.15) is 44.5 Å². The van der Waals surface area contributed by atoms with Gasteiger partial charge in [-0.2, -0.15) is 0 Å². The van der Waals surface area contributed by atoms with Gasteiger partial charge in [-0.1, -0.05) is 12.1 Å². The molecule has 7 heteroatoms. The number of benzene rings is 2. The van der Waals surface area contributed by atoms with Gasteiger partial charge in [-0.15, -0.1) is 0 Å². The third kappa shape index (κ3) is 3.38. The lowest BCUT2D eigenvalue weighted by atomic mass is 9.90. The molecule has 0 fully saturated rings. The van der Waals surface area contributed by atoms with E-state index in [1.165, 1.54) is 6.26 Å². The number of hydrogen-bond donors (Lipinski definition) is 1. The molecule has 2 aliphatic heterocycles. The quantitative estimate of drug-likeness (QED) is 0.494. The van der Waals surface area contributed by atoms with Crippen LogP contribution in [0.25, 0.3) is 5.69 Å². The number of nitrogens with one attached hydrogen (secondary N) is 1. The Morgan fingerprint density at radius 1 is 0.970 bits per heavy atom. The van der Waals surface area contributed by atoms with Crippen molar-refractivity contribution in [2.45, 2.75) is 12.3 Å². The molecule has 1 amide bonds. The van der Waals surface area contributed by atoms with E-state index in [0.29, 0.717) is 42.4 Å². The summed E-state index contributed by atoms with van der Waals surface area (Å²) in [5, 5.41) is 2.82. The number of rotatable bonds is 3. The zero-order valence-electron chi connectivity index (χ0n) is 17.6. The number of fused-ring (bicyclic) bond motifs is 4. The summed E-state index contributed by atoms with van der Waals surface area (Å²) in [7, 11) is 0. The van der Waals surface area contributed by atoms with E-state index in [1.54, 1.807) is 18.2 Å². The molecule has 4 heterocycles. The highest BCUT2D eigenvalue weighted by Crippen LogP contribution is 2.41. The first-order valence-electron chi connectivity index (χ1n) is 10.8. The third-order valence-electron chi connectivity index (χ3n) is 6.06. The van der Waals surface area contributed by atoms with Gasteiger partial charge in [0.2, 0.25) is 0 Å². The van der Waals surface area contributed by atoms with Crippen LogP contribution in [-0.4, -0.2) is 29.5 Å². The Labute approximate surface area is 189 Å². The first-order valence-corrected chi connectivity index (χ1v) is 10.8. The van der Waals surface area contributed by atoms with E-state index in [9.17, 15) is 9.59 Å². The van der Waals surface area contributed by atoms with Gasteiger partial charge in [0.15, 0.2) is 23.0 Å². The van der Waals surface area contributed by atoms with E-state index in [1.807, 2.05) is 48.7 Å². The zero-order valence-corrected chi connectivity index (χ0v) is 17.6. The first kappa shape index (κ1) is 19.4. The minimum atomic E-state index is -0.310. The van der Waals surface area contributed by atoms with Crippen molar-refractivity contribution < 1.29 is 23.5 Å². The maximum absolute atomic E-state index is 13.3. The van der Waals surface area contributed by atoms with Gasteiger partial charge in [0.25, 0.3) is 5.91 Å². The first-order chi connectivity index (χ1) is 16.2. The van der Waals surface area contributed by atoms with E-state index in [-0.39, 0.29) is 23.4 Å². The predicted molar refractivity (Wildman–Crippen MR) is 121 cm³/mol. The van der Waals surface area contributed by atoms with E-state index in [4.69, 9.17) is 13.9 Å². The molecule has 0 saturated carbocycles. The molecule has 0 bridgehead atoms. The number of ketones is 1. The maximum Gasteiger partial charge on any atom is 0.291 e. The van der Waals surface area contributed by atoms with Crippen molar-refractivity contribution >= 4 is 17.4 Å². The minimum Gasteiger partial charge on any atom is -0.486 e. The Morgan fingerprint density at radius 3 is 2.52 bits per heavy atom. The number of amides is 1. The fourth-order valence-corrected chi connectivity index (χ4v) is 4.49. The van der Waals surface area contributed by atoms with Crippen LogP contribution >= 0.6 is 0 Å². The number of furan rings is 1. The number of aromatic nitrogens is 1. The molecule has 2 aromatic heterocycles. The van der Waals surface area contributed by atoms with Gasteiger partial charge < -0.3 is 23.8 Å². The summed E-state index contributed by atoms with van der Waals surface area (Å²) in [6.07, 6.45) is 3.76. The monoisotopic (exact) mass is 440 g/mol. The third-order valence-corrected chi connectivity index (χ3v) is 6.06. The Bertz CT molecular complexity index is 1350. The van der Waals surface area contributed by atoms with Crippen molar-refractivity contribution in [3.8, 4) is 17.2 Å². The molecular formula is C26H20N2O5. The van der Waals surface area contributed by atoms with Gasteiger partial charge in [-0.3, -0.25) is 9.59 Å². The Balaban J connectivity index is 1.33. The van der Waals surface area contributed by atoms with Crippen LogP contribution in [0.2, 0.25) is 0 Å². The summed E-state index contributed by atoms with van der Waals surface area (Å²) in [4.78, 5) is 25.5. The number of ether oxygens (including phenoxy) is 2. The summed E-state index contributed by atoms with van der Waals surface area (Å²) in [5.41, 5.74) is 4.09. The van der Waals surface area contributed by atoms with Crippen molar-refractivity contribution in [1.29, 1.82) is 0 Å². The van der Waals surface area contributed by atoms with Crippen molar-refractivity contribution in [2.75, 3.05) is 18.5 Å². The molecule has 6 rings (SSSR count). The van der Waals surface area contributed by atoms with E-state index < -0.39 is 0 Å². The molecule has 7 nitrogen and oxygen atoms in total. The lowest BCUT2D eigenvalue weighted by Gasteiger charge is -2.21. The molecule has 1 atom stereocenters. The van der Waals surface area contributed by atoms with Crippen molar-refractivity contribution in [3.05, 3.63) is 95.7 Å². The summed E-state index contributed by atoms with van der Waals surface area (Å²) in [5.74, 6) is 1.12. The molecule has 33 heavy (non-hydrogen) atoms. The predicted octanol–water partition coefficient (Wildman–Crippen LogP) is 4.81. The molecular weight excluding hydrogens is 420 g/mol. The zero-order chi connectivity index (χ0) is 22.4. The smallest absolute Gasteiger partial charge is 0.291 e. The molecule has 0 aliphatic carbocycles. The number of nitrogens with zero attached hydrogens (tertiary/aromatic N) is 1. The standard InChI is InChI=1S/C26H20N2O5/c29-22-13-18(16-5-7-17(8-6-16)27-26(30)23-4-2-10-31-23)20-3-1-9-28(20)21-15-25-24(14-19(21)22)32-11-12-33-25/h1-10,14-15,18H,11-13H2,(H,27,30)/t18-/m1/s1. The van der Waals surface area contributed by atoms with Gasteiger partial charge in [-0.05, 0) is 48.0 Å². The second kappa shape index (κ2) is 7.70. The van der Waals surface area contributed by atoms with Gasteiger partial charge in [0, 0.05) is 41.5 Å². The van der Waals surface area contributed by atoms with Crippen LogP contribution in [0.4, 0.5) is 5.69 Å². The van der Waals surface area contributed by atoms with Crippen LogP contribution in [0.5, 0.6) is 11.5 Å². The van der Waals surface area contributed by atoms with E-state index in [0.717, 1.165) is 16.9 Å². The van der Waals surface area contributed by atoms with Crippen molar-refractivity contribution in [3.63, 3.8) is 0 Å². The Hall–Kier alpha value is -4.26. The van der Waals surface area contributed by atoms with Gasteiger partial charge >= 0.3 is 0 Å². The van der Waals surface area contributed by atoms with Crippen LogP contribution in [0, 0.1) is 0 Å². The molecule has 2 aliphatic rings. The summed E-state index contributed by atoms with van der Waals surface area (Å²) >= 11 is 0. The highest BCUT2D eigenvalue weighted by molar-refractivity contribution is 6.02. The average molecular weight is 440 g/mol. The Morgan fingerprint density at radius 2 is 1.76 bits per heavy atom. The summed E-state index contributed by atoms with van der Waals surface area (Å²) < 4.78 is 18.6. The fraction of sp³-hybridized carbons (Fsp3) is 0.154. The van der Waals surface area contributed by atoms with E-state index >= 15 is 0 Å². The minimum absolute atomic E-state index is 0.0471. The molecule has 0 saturated heterocycles. The second-order valence-corrected chi connectivity index (χ2v) is 8.05. The lowest BCUT2D eigenvalue weighted by molar-refractivity contribution is 0.0975. The normalized spacial score (nSPS) is 16.5. The van der Waals surface area contributed by atoms with E-state index in [2.05, 4.69) is 9.88 Å². The molecule has 0 spiro atoms. The largest absolute Gasteiger partial charge is 0.486 e. The lowest BCUT2D eigenvalue weighted by Crippen LogP contribution is -2.16.